The number of carboxylic acid groups (broad SMARTS) is 1. The molecule has 0 aliphatic carbocycles. The average molecular weight is 365 g/mol. The molecule has 4 atom stereocenters. The number of carboxylic acids is 1. The molecule has 0 aromatic heterocycles. The molecular weight excluding hydrogens is 337 g/mol. The molecule has 0 rings (SSSR count). The van der Waals surface area contributed by atoms with Gasteiger partial charge in [0, 0.05) is 12.8 Å². The Hall–Kier alpha value is -1.44. The minimum Gasteiger partial charge on any atom is -0.480 e. The van der Waals surface area contributed by atoms with Gasteiger partial charge in [0.1, 0.15) is 12.1 Å². The standard InChI is InChI=1S/C14H28N3O6P/c1-8(2)7-11(14(20)21)17-12(18)9(3)16-13(19)10(15)5-6-24(4,22)23/h8-11H,5-7,15H2,1-4H3,(H,16,19)(H,17,18)(H,20,21)(H,22,23)/t9-,10+,11+/m1/s1. The van der Waals surface area contributed by atoms with Crippen LogP contribution in [0.1, 0.15) is 33.6 Å². The van der Waals surface area contributed by atoms with Crippen LogP contribution in [0.15, 0.2) is 0 Å². The third kappa shape index (κ3) is 9.64. The van der Waals surface area contributed by atoms with Crippen molar-refractivity contribution in [3.63, 3.8) is 0 Å². The Kier molecular flexibility index (Phi) is 9.17. The highest BCUT2D eigenvalue weighted by Crippen LogP contribution is 2.35. The summed E-state index contributed by atoms with van der Waals surface area (Å²) in [5.74, 6) is -2.34. The Labute approximate surface area is 141 Å². The van der Waals surface area contributed by atoms with E-state index in [-0.39, 0.29) is 24.9 Å². The van der Waals surface area contributed by atoms with Crippen LogP contribution in [0.5, 0.6) is 0 Å². The summed E-state index contributed by atoms with van der Waals surface area (Å²) in [5.41, 5.74) is 5.62. The SMILES string of the molecule is CC(C)C[C@H](NC(=O)[C@@H](C)NC(=O)[C@@H](N)CCP(C)(=O)O)C(=O)O. The second-order valence-corrected chi connectivity index (χ2v) is 8.98. The highest BCUT2D eigenvalue weighted by molar-refractivity contribution is 7.57. The van der Waals surface area contributed by atoms with Gasteiger partial charge >= 0.3 is 5.97 Å². The van der Waals surface area contributed by atoms with Crippen molar-refractivity contribution in [3.05, 3.63) is 0 Å². The van der Waals surface area contributed by atoms with E-state index < -0.39 is 43.3 Å². The van der Waals surface area contributed by atoms with Gasteiger partial charge in [-0.1, -0.05) is 13.8 Å². The van der Waals surface area contributed by atoms with Gasteiger partial charge in [0.15, 0.2) is 7.37 Å². The van der Waals surface area contributed by atoms with Gasteiger partial charge in [0.05, 0.1) is 6.04 Å². The van der Waals surface area contributed by atoms with E-state index in [0.717, 1.165) is 0 Å². The summed E-state index contributed by atoms with van der Waals surface area (Å²) in [5, 5.41) is 13.8. The number of aliphatic carboxylic acids is 1. The van der Waals surface area contributed by atoms with Gasteiger partial charge in [0.2, 0.25) is 11.8 Å². The van der Waals surface area contributed by atoms with E-state index in [1.165, 1.54) is 13.6 Å². The Morgan fingerprint density at radius 1 is 1.12 bits per heavy atom. The smallest absolute Gasteiger partial charge is 0.326 e. The van der Waals surface area contributed by atoms with Gasteiger partial charge in [-0.05, 0) is 25.7 Å². The molecule has 0 heterocycles. The molecule has 140 valence electrons. The number of hydrogen-bond acceptors (Lipinski definition) is 5. The summed E-state index contributed by atoms with van der Waals surface area (Å²) in [6, 6.07) is -3.03. The predicted molar refractivity (Wildman–Crippen MR) is 89.8 cm³/mol. The number of hydrogen-bond donors (Lipinski definition) is 5. The molecule has 6 N–H and O–H groups in total. The number of rotatable bonds is 10. The summed E-state index contributed by atoms with van der Waals surface area (Å²) in [4.78, 5) is 44.2. The lowest BCUT2D eigenvalue weighted by Crippen LogP contribution is -2.53. The molecule has 0 saturated heterocycles. The van der Waals surface area contributed by atoms with Crippen LogP contribution in [0.2, 0.25) is 0 Å². The molecule has 0 spiro atoms. The van der Waals surface area contributed by atoms with Crippen molar-refractivity contribution < 1.29 is 28.9 Å². The first-order valence-electron chi connectivity index (χ1n) is 7.72. The maximum Gasteiger partial charge on any atom is 0.326 e. The molecule has 0 aliphatic rings. The van der Waals surface area contributed by atoms with Crippen molar-refractivity contribution in [3.8, 4) is 0 Å². The summed E-state index contributed by atoms with van der Waals surface area (Å²) < 4.78 is 11.2. The molecule has 0 aromatic rings. The van der Waals surface area contributed by atoms with Gasteiger partial charge in [-0.3, -0.25) is 14.2 Å². The lowest BCUT2D eigenvalue weighted by Gasteiger charge is -2.21. The first-order chi connectivity index (χ1) is 10.8. The molecule has 0 saturated carbocycles. The number of nitrogens with one attached hydrogen (secondary N) is 2. The molecule has 0 radical (unpaired) electrons. The highest BCUT2D eigenvalue weighted by Gasteiger charge is 2.26. The number of amides is 2. The maximum absolute atomic E-state index is 12.0. The number of nitrogens with two attached hydrogens (primary N) is 1. The quantitative estimate of drug-likeness (QED) is 0.333. The van der Waals surface area contributed by atoms with Crippen molar-refractivity contribution in [2.75, 3.05) is 12.8 Å². The average Bonchev–Trinajstić information content (AvgIpc) is 2.42. The minimum absolute atomic E-state index is 0.00947. The van der Waals surface area contributed by atoms with E-state index in [1.807, 2.05) is 13.8 Å². The van der Waals surface area contributed by atoms with Crippen LogP contribution in [0.25, 0.3) is 0 Å². The van der Waals surface area contributed by atoms with Crippen molar-refractivity contribution in [2.24, 2.45) is 11.7 Å². The fourth-order valence-corrected chi connectivity index (χ4v) is 2.64. The van der Waals surface area contributed by atoms with Crippen LogP contribution < -0.4 is 16.4 Å². The van der Waals surface area contributed by atoms with Gasteiger partial charge in [-0.25, -0.2) is 4.79 Å². The van der Waals surface area contributed by atoms with Gasteiger partial charge in [-0.15, -0.1) is 0 Å². The zero-order chi connectivity index (χ0) is 19.1. The molecular formula is C14H28N3O6P. The van der Waals surface area contributed by atoms with E-state index in [2.05, 4.69) is 10.6 Å². The third-order valence-corrected chi connectivity index (χ3v) is 4.35. The largest absolute Gasteiger partial charge is 0.480 e. The van der Waals surface area contributed by atoms with Crippen LogP contribution >= 0.6 is 7.37 Å². The molecule has 0 fully saturated rings. The van der Waals surface area contributed by atoms with Gasteiger partial charge < -0.3 is 26.4 Å². The monoisotopic (exact) mass is 365 g/mol. The molecule has 0 bridgehead atoms. The molecule has 9 nitrogen and oxygen atoms in total. The minimum atomic E-state index is -3.26. The van der Waals surface area contributed by atoms with Crippen LogP contribution in [-0.4, -0.2) is 58.7 Å². The fourth-order valence-electron chi connectivity index (χ4n) is 1.89. The molecule has 1 unspecified atom stereocenters. The van der Waals surface area contributed by atoms with E-state index in [4.69, 9.17) is 10.8 Å². The summed E-state index contributed by atoms with van der Waals surface area (Å²) in [6.07, 6.45) is 0.177. The second kappa shape index (κ2) is 9.76. The van der Waals surface area contributed by atoms with E-state index in [9.17, 15) is 23.8 Å². The fraction of sp³-hybridized carbons (Fsp3) is 0.786. The van der Waals surface area contributed by atoms with E-state index in [0.29, 0.717) is 0 Å². The Morgan fingerprint density at radius 3 is 2.08 bits per heavy atom. The Balaban J connectivity index is 4.54. The molecule has 0 aliphatic heterocycles. The van der Waals surface area contributed by atoms with E-state index >= 15 is 0 Å². The first kappa shape index (κ1) is 22.6. The third-order valence-electron chi connectivity index (χ3n) is 3.27. The zero-order valence-electron chi connectivity index (χ0n) is 14.5. The second-order valence-electron chi connectivity index (χ2n) is 6.43. The maximum atomic E-state index is 12.0. The summed E-state index contributed by atoms with van der Waals surface area (Å²) in [7, 11) is -3.26. The lowest BCUT2D eigenvalue weighted by atomic mass is 10.0. The topological polar surface area (TPSA) is 159 Å². The van der Waals surface area contributed by atoms with Crippen molar-refractivity contribution in [1.82, 2.24) is 10.6 Å². The molecule has 2 amide bonds. The van der Waals surface area contributed by atoms with Crippen LogP contribution in [-0.2, 0) is 18.9 Å². The van der Waals surface area contributed by atoms with Crippen LogP contribution in [0, 0.1) is 5.92 Å². The van der Waals surface area contributed by atoms with Crippen LogP contribution in [0.4, 0.5) is 0 Å². The Bertz CT molecular complexity index is 505. The normalized spacial score (nSPS) is 17.5. The van der Waals surface area contributed by atoms with Gasteiger partial charge in [-0.2, -0.15) is 0 Å². The predicted octanol–water partition coefficient (Wildman–Crippen LogP) is -0.276. The van der Waals surface area contributed by atoms with Crippen molar-refractivity contribution in [1.29, 1.82) is 0 Å². The van der Waals surface area contributed by atoms with Gasteiger partial charge in [0.25, 0.3) is 0 Å². The molecule has 0 aromatic carbocycles. The van der Waals surface area contributed by atoms with E-state index in [1.54, 1.807) is 0 Å². The Morgan fingerprint density at radius 2 is 1.67 bits per heavy atom. The van der Waals surface area contributed by atoms with Crippen LogP contribution in [0.3, 0.4) is 0 Å². The number of carbonyl (C=O) groups excluding carboxylic acids is 2. The summed E-state index contributed by atoms with van der Waals surface area (Å²) >= 11 is 0. The first-order valence-corrected chi connectivity index (χ1v) is 10.0. The molecule has 24 heavy (non-hydrogen) atoms. The number of carbonyl (C=O) groups is 3. The highest BCUT2D eigenvalue weighted by atomic mass is 31.2. The lowest BCUT2D eigenvalue weighted by molar-refractivity contribution is -0.142. The molecule has 10 heteroatoms. The van der Waals surface area contributed by atoms with Crippen molar-refractivity contribution in [2.45, 2.75) is 51.7 Å². The summed E-state index contributed by atoms with van der Waals surface area (Å²) in [6.45, 7) is 6.25. The van der Waals surface area contributed by atoms with Crippen molar-refractivity contribution >= 4 is 25.2 Å². The zero-order valence-corrected chi connectivity index (χ0v) is 15.4.